The summed E-state index contributed by atoms with van der Waals surface area (Å²) in [5.41, 5.74) is -0.467. The Morgan fingerprint density at radius 2 is 2.40 bits per heavy atom. The summed E-state index contributed by atoms with van der Waals surface area (Å²) in [4.78, 5) is 15.9. The van der Waals surface area contributed by atoms with Crippen LogP contribution in [0.25, 0.3) is 0 Å². The maximum absolute atomic E-state index is 11.6. The fourth-order valence-electron chi connectivity index (χ4n) is 2.20. The van der Waals surface area contributed by atoms with Gasteiger partial charge in [-0.15, -0.1) is 0 Å². The van der Waals surface area contributed by atoms with Gasteiger partial charge in [-0.05, 0) is 27.2 Å². The molecule has 0 bridgehead atoms. The van der Waals surface area contributed by atoms with Gasteiger partial charge < -0.3 is 19.4 Å². The number of carbonyl (C=O) groups is 1. The molecular weight excluding hydrogens is 258 g/mol. The largest absolute Gasteiger partial charge is 0.444 e. The molecule has 1 N–H and O–H groups in total. The van der Waals surface area contributed by atoms with E-state index in [0.29, 0.717) is 19.0 Å². The Labute approximate surface area is 119 Å². The molecule has 1 aliphatic heterocycles. The number of aromatic nitrogens is 2. The van der Waals surface area contributed by atoms with Crippen molar-refractivity contribution >= 4 is 6.09 Å². The van der Waals surface area contributed by atoms with Gasteiger partial charge in [0.2, 0.25) is 0 Å². The fraction of sp³-hybridized carbons (Fsp3) is 0.714. The van der Waals surface area contributed by atoms with Crippen molar-refractivity contribution in [2.45, 2.75) is 45.3 Å². The normalized spacial score (nSPS) is 19.1. The van der Waals surface area contributed by atoms with Crippen molar-refractivity contribution in [3.05, 3.63) is 18.2 Å². The van der Waals surface area contributed by atoms with Gasteiger partial charge in [0, 0.05) is 38.0 Å². The topological polar surface area (TPSA) is 65.4 Å². The highest BCUT2D eigenvalue weighted by atomic mass is 16.6. The van der Waals surface area contributed by atoms with E-state index in [-0.39, 0.29) is 6.09 Å². The Bertz CT molecular complexity index is 445. The Morgan fingerprint density at radius 3 is 3.05 bits per heavy atom. The van der Waals surface area contributed by atoms with Crippen molar-refractivity contribution in [3.63, 3.8) is 0 Å². The van der Waals surface area contributed by atoms with Crippen LogP contribution in [-0.4, -0.2) is 41.0 Å². The van der Waals surface area contributed by atoms with Gasteiger partial charge in [0.15, 0.2) is 0 Å². The van der Waals surface area contributed by atoms with Crippen molar-refractivity contribution in [1.29, 1.82) is 0 Å². The zero-order valence-electron chi connectivity index (χ0n) is 12.4. The summed E-state index contributed by atoms with van der Waals surface area (Å²) in [6.45, 7) is 8.28. The summed E-state index contributed by atoms with van der Waals surface area (Å²) in [7, 11) is 0. The lowest BCUT2D eigenvalue weighted by molar-refractivity contribution is 0.0526. The fourth-order valence-corrected chi connectivity index (χ4v) is 2.20. The van der Waals surface area contributed by atoms with Gasteiger partial charge in [-0.2, -0.15) is 0 Å². The third-order valence-corrected chi connectivity index (χ3v) is 3.06. The van der Waals surface area contributed by atoms with Crippen LogP contribution < -0.4 is 5.32 Å². The third kappa shape index (κ3) is 4.23. The summed E-state index contributed by atoms with van der Waals surface area (Å²) >= 11 is 0. The number of amides is 1. The van der Waals surface area contributed by atoms with E-state index in [1.54, 1.807) is 6.20 Å². The lowest BCUT2D eigenvalue weighted by Crippen LogP contribution is -2.34. The zero-order chi connectivity index (χ0) is 14.6. The molecule has 0 radical (unpaired) electrons. The minimum atomic E-state index is -0.467. The molecule has 1 unspecified atom stereocenters. The van der Waals surface area contributed by atoms with Crippen molar-refractivity contribution in [1.82, 2.24) is 14.9 Å². The van der Waals surface area contributed by atoms with Crippen LogP contribution in [0.1, 0.15) is 38.9 Å². The predicted molar refractivity (Wildman–Crippen MR) is 74.6 cm³/mol. The lowest BCUT2D eigenvalue weighted by atomic mass is 10.1. The van der Waals surface area contributed by atoms with Crippen LogP contribution in [0.15, 0.2) is 12.4 Å². The molecule has 0 saturated carbocycles. The van der Waals surface area contributed by atoms with Crippen molar-refractivity contribution in [2.75, 3.05) is 19.8 Å². The van der Waals surface area contributed by atoms with Crippen LogP contribution in [0.3, 0.4) is 0 Å². The van der Waals surface area contributed by atoms with Gasteiger partial charge in [-0.1, -0.05) is 0 Å². The Hall–Kier alpha value is -1.56. The van der Waals surface area contributed by atoms with Crippen molar-refractivity contribution in [2.24, 2.45) is 0 Å². The van der Waals surface area contributed by atoms with Gasteiger partial charge in [0.25, 0.3) is 0 Å². The maximum atomic E-state index is 11.6. The summed E-state index contributed by atoms with van der Waals surface area (Å²) in [5.74, 6) is 1.40. The molecule has 1 amide bonds. The van der Waals surface area contributed by atoms with E-state index >= 15 is 0 Å². The second kappa shape index (κ2) is 6.26. The number of alkyl carbamates (subject to hydrolysis) is 1. The quantitative estimate of drug-likeness (QED) is 0.915. The number of imidazole rings is 1. The van der Waals surface area contributed by atoms with E-state index in [9.17, 15) is 4.79 Å². The molecule has 1 atom stereocenters. The molecular formula is C14H23N3O3. The second-order valence-corrected chi connectivity index (χ2v) is 5.97. The average Bonchev–Trinajstić information content (AvgIpc) is 2.95. The van der Waals surface area contributed by atoms with Gasteiger partial charge in [-0.3, -0.25) is 0 Å². The minimum absolute atomic E-state index is 0.367. The molecule has 2 heterocycles. The van der Waals surface area contributed by atoms with Gasteiger partial charge in [0.1, 0.15) is 11.4 Å². The molecule has 6 nitrogen and oxygen atoms in total. The maximum Gasteiger partial charge on any atom is 0.407 e. The van der Waals surface area contributed by atoms with E-state index in [4.69, 9.17) is 9.47 Å². The number of nitrogens with one attached hydrogen (secondary N) is 1. The summed E-state index contributed by atoms with van der Waals surface area (Å²) in [6, 6.07) is 0. The van der Waals surface area contributed by atoms with Crippen LogP contribution in [0.2, 0.25) is 0 Å². The molecule has 112 valence electrons. The molecule has 6 heteroatoms. The van der Waals surface area contributed by atoms with Gasteiger partial charge >= 0.3 is 6.09 Å². The monoisotopic (exact) mass is 281 g/mol. The minimum Gasteiger partial charge on any atom is -0.444 e. The standard InChI is InChI=1S/C14H23N3O3/c1-14(2,3)20-13(18)16-6-8-17-7-5-15-12(17)11-4-9-19-10-11/h5,7,11H,4,6,8-10H2,1-3H3,(H,16,18). The number of hydrogen-bond acceptors (Lipinski definition) is 4. The highest BCUT2D eigenvalue weighted by Gasteiger charge is 2.22. The Balaban J connectivity index is 1.80. The third-order valence-electron chi connectivity index (χ3n) is 3.06. The highest BCUT2D eigenvalue weighted by Crippen LogP contribution is 2.23. The van der Waals surface area contributed by atoms with Gasteiger partial charge in [-0.25, -0.2) is 9.78 Å². The summed E-state index contributed by atoms with van der Waals surface area (Å²) in [5, 5.41) is 2.75. The highest BCUT2D eigenvalue weighted by molar-refractivity contribution is 5.67. The molecule has 20 heavy (non-hydrogen) atoms. The molecule has 1 aromatic rings. The van der Waals surface area contributed by atoms with Crippen LogP contribution in [0, 0.1) is 0 Å². The molecule has 1 fully saturated rings. The van der Waals surface area contributed by atoms with E-state index < -0.39 is 5.60 Å². The summed E-state index contributed by atoms with van der Waals surface area (Å²) in [6.07, 6.45) is 4.35. The first-order valence-corrected chi connectivity index (χ1v) is 7.01. The molecule has 0 aromatic carbocycles. The molecule has 0 spiro atoms. The predicted octanol–water partition coefficient (Wildman–Crippen LogP) is 1.91. The van der Waals surface area contributed by atoms with Crippen LogP contribution >= 0.6 is 0 Å². The van der Waals surface area contributed by atoms with E-state index in [2.05, 4.69) is 14.9 Å². The SMILES string of the molecule is CC(C)(C)OC(=O)NCCn1ccnc1C1CCOC1. The van der Waals surface area contributed by atoms with E-state index in [0.717, 1.165) is 25.5 Å². The van der Waals surface area contributed by atoms with E-state index in [1.807, 2.05) is 27.0 Å². The lowest BCUT2D eigenvalue weighted by Gasteiger charge is -2.20. The number of carbonyl (C=O) groups excluding carboxylic acids is 1. The molecule has 2 rings (SSSR count). The molecule has 1 aromatic heterocycles. The van der Waals surface area contributed by atoms with Gasteiger partial charge in [0.05, 0.1) is 6.61 Å². The first kappa shape index (κ1) is 14.8. The number of hydrogen-bond donors (Lipinski definition) is 1. The average molecular weight is 281 g/mol. The second-order valence-electron chi connectivity index (χ2n) is 5.97. The molecule has 1 saturated heterocycles. The zero-order valence-corrected chi connectivity index (χ0v) is 12.4. The van der Waals surface area contributed by atoms with E-state index in [1.165, 1.54) is 0 Å². The number of rotatable bonds is 4. The van der Waals surface area contributed by atoms with Crippen LogP contribution in [-0.2, 0) is 16.0 Å². The van der Waals surface area contributed by atoms with Crippen molar-refractivity contribution in [3.8, 4) is 0 Å². The Morgan fingerprint density at radius 1 is 1.60 bits per heavy atom. The first-order chi connectivity index (χ1) is 9.46. The number of ether oxygens (including phenoxy) is 2. The van der Waals surface area contributed by atoms with Crippen LogP contribution in [0.5, 0.6) is 0 Å². The molecule has 1 aliphatic rings. The smallest absolute Gasteiger partial charge is 0.407 e. The first-order valence-electron chi connectivity index (χ1n) is 7.01. The van der Waals surface area contributed by atoms with Crippen molar-refractivity contribution < 1.29 is 14.3 Å². The Kier molecular flexibility index (Phi) is 4.65. The van der Waals surface area contributed by atoms with Crippen LogP contribution in [0.4, 0.5) is 4.79 Å². The number of nitrogens with zero attached hydrogens (tertiary/aromatic N) is 2. The molecule has 0 aliphatic carbocycles. The summed E-state index contributed by atoms with van der Waals surface area (Å²) < 4.78 is 12.6.